The van der Waals surface area contributed by atoms with Crippen LogP contribution in [0.25, 0.3) is 0 Å². The van der Waals surface area contributed by atoms with Gasteiger partial charge < -0.3 is 11.1 Å². The monoisotopic (exact) mass is 359 g/mol. The van der Waals surface area contributed by atoms with E-state index in [2.05, 4.69) is 42.2 Å². The summed E-state index contributed by atoms with van der Waals surface area (Å²) in [5.41, 5.74) is 6.46. The van der Waals surface area contributed by atoms with Crippen molar-refractivity contribution in [2.75, 3.05) is 11.1 Å². The van der Waals surface area contributed by atoms with Crippen molar-refractivity contribution in [3.05, 3.63) is 45.2 Å². The van der Waals surface area contributed by atoms with E-state index in [-0.39, 0.29) is 5.82 Å². The molecule has 3 N–H and O–H groups in total. The maximum atomic E-state index is 13.5. The van der Waals surface area contributed by atoms with Crippen LogP contribution in [-0.4, -0.2) is 4.98 Å². The summed E-state index contributed by atoms with van der Waals surface area (Å²) in [6, 6.07) is 6.34. The minimum atomic E-state index is -0.348. The van der Waals surface area contributed by atoms with Gasteiger partial charge in [-0.3, -0.25) is 0 Å². The first-order valence-electron chi connectivity index (χ1n) is 4.69. The highest BCUT2D eigenvalue weighted by Crippen LogP contribution is 2.28. The Kier molecular flexibility index (Phi) is 3.63. The predicted molar refractivity (Wildman–Crippen MR) is 73.7 cm³/mol. The minimum absolute atomic E-state index is 0.345. The fourth-order valence-corrected chi connectivity index (χ4v) is 2.09. The number of nitrogens with one attached hydrogen (secondary N) is 1. The molecule has 0 unspecified atom stereocenters. The lowest BCUT2D eigenvalue weighted by Gasteiger charge is -2.09. The Bertz CT molecular complexity index is 560. The predicted octanol–water partition coefficient (Wildman–Crippen LogP) is 4.07. The van der Waals surface area contributed by atoms with Crippen LogP contribution in [0.3, 0.4) is 0 Å². The molecule has 0 aliphatic rings. The number of nitrogens with two attached hydrogens (primary N) is 1. The van der Waals surface area contributed by atoms with Gasteiger partial charge in [0.25, 0.3) is 0 Å². The van der Waals surface area contributed by atoms with Gasteiger partial charge in [0, 0.05) is 4.47 Å². The summed E-state index contributed by atoms with van der Waals surface area (Å²) in [6.07, 6.45) is 1.50. The number of pyridine rings is 1. The van der Waals surface area contributed by atoms with E-state index < -0.39 is 0 Å². The molecule has 0 bridgehead atoms. The zero-order valence-corrected chi connectivity index (χ0v) is 11.7. The number of nitrogens with zero attached hydrogens (tertiary/aromatic N) is 1. The van der Waals surface area contributed by atoms with Gasteiger partial charge in [0.1, 0.15) is 11.6 Å². The third-order valence-corrected chi connectivity index (χ3v) is 3.14. The van der Waals surface area contributed by atoms with E-state index in [9.17, 15) is 4.39 Å². The average molecular weight is 361 g/mol. The van der Waals surface area contributed by atoms with Gasteiger partial charge in [-0.1, -0.05) is 15.9 Å². The van der Waals surface area contributed by atoms with Gasteiger partial charge in [-0.05, 0) is 40.2 Å². The largest absolute Gasteiger partial charge is 0.397 e. The number of hydrogen-bond acceptors (Lipinski definition) is 3. The summed E-state index contributed by atoms with van der Waals surface area (Å²) < 4.78 is 15.0. The Labute approximate surface area is 114 Å². The molecule has 1 aromatic heterocycles. The Balaban J connectivity index is 2.34. The molecule has 0 amide bonds. The van der Waals surface area contributed by atoms with E-state index in [1.807, 2.05) is 0 Å². The van der Waals surface area contributed by atoms with E-state index in [0.29, 0.717) is 21.7 Å². The Morgan fingerprint density at radius 3 is 2.71 bits per heavy atom. The van der Waals surface area contributed by atoms with E-state index in [1.54, 1.807) is 18.2 Å². The molecule has 2 aromatic rings. The van der Waals surface area contributed by atoms with E-state index in [0.717, 1.165) is 4.47 Å². The van der Waals surface area contributed by atoms with Gasteiger partial charge in [-0.15, -0.1) is 0 Å². The minimum Gasteiger partial charge on any atom is -0.397 e. The topological polar surface area (TPSA) is 50.9 Å². The van der Waals surface area contributed by atoms with Crippen molar-refractivity contribution in [3.8, 4) is 0 Å². The fraction of sp³-hybridized carbons (Fsp3) is 0. The molecule has 0 aliphatic heterocycles. The van der Waals surface area contributed by atoms with Crippen LogP contribution in [0.1, 0.15) is 0 Å². The molecule has 88 valence electrons. The molecule has 6 heteroatoms. The van der Waals surface area contributed by atoms with Gasteiger partial charge in [-0.2, -0.15) is 0 Å². The molecule has 3 nitrogen and oxygen atoms in total. The van der Waals surface area contributed by atoms with Gasteiger partial charge >= 0.3 is 0 Å². The number of benzene rings is 1. The molecular weight excluding hydrogens is 353 g/mol. The molecule has 0 saturated heterocycles. The molecule has 1 aromatic carbocycles. The maximum Gasteiger partial charge on any atom is 0.146 e. The second-order valence-corrected chi connectivity index (χ2v) is 5.12. The molecule has 0 spiro atoms. The third-order valence-electron chi connectivity index (χ3n) is 2.04. The number of nitrogen functional groups attached to an aromatic ring is 1. The lowest BCUT2D eigenvalue weighted by molar-refractivity contribution is 0.631. The van der Waals surface area contributed by atoms with Crippen LogP contribution >= 0.6 is 31.9 Å². The van der Waals surface area contributed by atoms with Crippen LogP contribution in [-0.2, 0) is 0 Å². The quantitative estimate of drug-likeness (QED) is 0.848. The van der Waals surface area contributed by atoms with Gasteiger partial charge in [0.15, 0.2) is 0 Å². The summed E-state index contributed by atoms with van der Waals surface area (Å²) in [5, 5.41) is 2.89. The Morgan fingerprint density at radius 2 is 2.00 bits per heavy atom. The normalized spacial score (nSPS) is 10.3. The fourth-order valence-electron chi connectivity index (χ4n) is 1.27. The van der Waals surface area contributed by atoms with Crippen molar-refractivity contribution in [2.24, 2.45) is 0 Å². The summed E-state index contributed by atoms with van der Waals surface area (Å²) in [4.78, 5) is 4.08. The smallest absolute Gasteiger partial charge is 0.146 e. The zero-order valence-electron chi connectivity index (χ0n) is 8.55. The highest BCUT2D eigenvalue weighted by molar-refractivity contribution is 9.10. The summed E-state index contributed by atoms with van der Waals surface area (Å²) in [7, 11) is 0. The number of aromatic nitrogens is 1. The van der Waals surface area contributed by atoms with Gasteiger partial charge in [-0.25, -0.2) is 9.37 Å². The van der Waals surface area contributed by atoms with Gasteiger partial charge in [0.05, 0.1) is 22.0 Å². The number of rotatable bonds is 2. The molecule has 0 atom stereocenters. The standard InChI is InChI=1S/C11H8Br2FN3/c12-6-1-2-9(14)10(3-6)17-11-8(13)4-7(15)5-16-11/h1-5H,15H2,(H,16,17). The molecular formula is C11H8Br2FN3. The first-order chi connectivity index (χ1) is 8.06. The maximum absolute atomic E-state index is 13.5. The zero-order chi connectivity index (χ0) is 12.4. The molecule has 2 rings (SSSR count). The number of halogens is 3. The van der Waals surface area contributed by atoms with Crippen molar-refractivity contribution in [2.45, 2.75) is 0 Å². The van der Waals surface area contributed by atoms with Crippen molar-refractivity contribution in [3.63, 3.8) is 0 Å². The number of anilines is 3. The highest BCUT2D eigenvalue weighted by atomic mass is 79.9. The molecule has 0 radical (unpaired) electrons. The van der Waals surface area contributed by atoms with Crippen LogP contribution in [0.2, 0.25) is 0 Å². The highest BCUT2D eigenvalue weighted by Gasteiger charge is 2.07. The van der Waals surface area contributed by atoms with Crippen LogP contribution < -0.4 is 11.1 Å². The van der Waals surface area contributed by atoms with E-state index >= 15 is 0 Å². The van der Waals surface area contributed by atoms with Crippen molar-refractivity contribution in [1.29, 1.82) is 0 Å². The Morgan fingerprint density at radius 1 is 1.24 bits per heavy atom. The van der Waals surface area contributed by atoms with Crippen molar-refractivity contribution in [1.82, 2.24) is 4.98 Å². The first kappa shape index (κ1) is 12.3. The summed E-state index contributed by atoms with van der Waals surface area (Å²) in [5.74, 6) is 0.162. The van der Waals surface area contributed by atoms with Crippen LogP contribution in [0.5, 0.6) is 0 Å². The lowest BCUT2D eigenvalue weighted by Crippen LogP contribution is -1.98. The van der Waals surface area contributed by atoms with Crippen molar-refractivity contribution < 1.29 is 4.39 Å². The van der Waals surface area contributed by atoms with Crippen molar-refractivity contribution >= 4 is 49.1 Å². The van der Waals surface area contributed by atoms with E-state index in [4.69, 9.17) is 5.73 Å². The van der Waals surface area contributed by atoms with Crippen LogP contribution in [0, 0.1) is 5.82 Å². The third kappa shape index (κ3) is 2.95. The molecule has 0 saturated carbocycles. The first-order valence-corrected chi connectivity index (χ1v) is 6.28. The second kappa shape index (κ2) is 5.01. The van der Waals surface area contributed by atoms with E-state index in [1.165, 1.54) is 12.3 Å². The van der Waals surface area contributed by atoms with Crippen LogP contribution in [0.4, 0.5) is 21.6 Å². The second-order valence-electron chi connectivity index (χ2n) is 3.35. The molecule has 1 heterocycles. The summed E-state index contributed by atoms with van der Waals surface area (Å²) >= 11 is 6.59. The summed E-state index contributed by atoms with van der Waals surface area (Å²) in [6.45, 7) is 0. The molecule has 0 aliphatic carbocycles. The lowest BCUT2D eigenvalue weighted by atomic mass is 10.3. The Hall–Kier alpha value is -1.14. The SMILES string of the molecule is Nc1cnc(Nc2cc(Br)ccc2F)c(Br)c1. The molecule has 17 heavy (non-hydrogen) atoms. The van der Waals surface area contributed by atoms with Crippen LogP contribution in [0.15, 0.2) is 39.4 Å². The molecule has 0 fully saturated rings. The average Bonchev–Trinajstić information content (AvgIpc) is 2.27. The van der Waals surface area contributed by atoms with Gasteiger partial charge in [0.2, 0.25) is 0 Å². The number of hydrogen-bond donors (Lipinski definition) is 2.